The van der Waals surface area contributed by atoms with Crippen molar-refractivity contribution in [3.63, 3.8) is 0 Å². The minimum absolute atomic E-state index is 0.0609. The molecule has 1 aliphatic carbocycles. The second kappa shape index (κ2) is 2.39. The number of thioether (sulfide) groups is 1. The molecule has 0 N–H and O–H groups in total. The summed E-state index contributed by atoms with van der Waals surface area (Å²) in [7, 11) is 0. The van der Waals surface area contributed by atoms with Gasteiger partial charge in [-0.3, -0.25) is 4.79 Å². The molecule has 86 valence electrons. The second-order valence-corrected chi connectivity index (χ2v) is 6.71. The number of carbonyl (C=O) groups excluding carboxylic acids is 1. The molecule has 1 nitrogen and oxygen atoms in total. The molecule has 2 rings (SSSR count). The normalized spacial score (nSPS) is 35.1. The van der Waals surface area contributed by atoms with Crippen molar-refractivity contribution in [2.75, 3.05) is 0 Å². The Kier molecular flexibility index (Phi) is 1.80. The van der Waals surface area contributed by atoms with Crippen molar-refractivity contribution in [2.45, 2.75) is 43.9 Å². The summed E-state index contributed by atoms with van der Waals surface area (Å²) in [4.78, 5) is 11.8. The van der Waals surface area contributed by atoms with Crippen molar-refractivity contribution in [2.24, 2.45) is 10.8 Å². The number of hydrogen-bond acceptors (Lipinski definition) is 2. The number of rotatable bonds is 0. The van der Waals surface area contributed by atoms with Crippen LogP contribution in [0.3, 0.4) is 0 Å². The number of carbonyl (C=O) groups is 1. The SMILES string of the molecule is CC1(C)C(=O)C(C)(C)C12SC2C(F)(F)F. The third kappa shape index (κ3) is 0.959. The van der Waals surface area contributed by atoms with Crippen LogP contribution in [0.2, 0.25) is 0 Å². The van der Waals surface area contributed by atoms with Crippen molar-refractivity contribution < 1.29 is 18.0 Å². The quantitative estimate of drug-likeness (QED) is 0.603. The van der Waals surface area contributed by atoms with Crippen molar-refractivity contribution in [1.29, 1.82) is 0 Å². The minimum atomic E-state index is -4.19. The molecule has 0 aromatic rings. The maximum Gasteiger partial charge on any atom is 0.401 e. The molecule has 1 atom stereocenters. The minimum Gasteiger partial charge on any atom is -0.298 e. The number of halogens is 3. The van der Waals surface area contributed by atoms with E-state index in [1.165, 1.54) is 0 Å². The molecule has 1 heterocycles. The molecule has 1 spiro atoms. The van der Waals surface area contributed by atoms with E-state index in [-0.39, 0.29) is 5.78 Å². The molecule has 15 heavy (non-hydrogen) atoms. The summed E-state index contributed by atoms with van der Waals surface area (Å²) in [5.41, 5.74) is -1.69. The van der Waals surface area contributed by atoms with Crippen LogP contribution in [0.4, 0.5) is 13.2 Å². The Morgan fingerprint density at radius 3 is 1.80 bits per heavy atom. The Balaban J connectivity index is 2.37. The topological polar surface area (TPSA) is 17.1 Å². The van der Waals surface area contributed by atoms with Crippen LogP contribution in [0, 0.1) is 10.8 Å². The van der Waals surface area contributed by atoms with Gasteiger partial charge in [-0.2, -0.15) is 13.2 Å². The van der Waals surface area contributed by atoms with Gasteiger partial charge in [0.15, 0.2) is 0 Å². The molecule has 0 radical (unpaired) electrons. The van der Waals surface area contributed by atoms with Crippen LogP contribution in [-0.2, 0) is 4.79 Å². The highest BCUT2D eigenvalue weighted by Crippen LogP contribution is 2.81. The predicted octanol–water partition coefficient (Wildman–Crippen LogP) is 3.04. The molecular weight excluding hydrogens is 225 g/mol. The lowest BCUT2D eigenvalue weighted by Crippen LogP contribution is -2.68. The van der Waals surface area contributed by atoms with E-state index in [0.717, 1.165) is 11.8 Å². The van der Waals surface area contributed by atoms with E-state index in [1.807, 2.05) is 0 Å². The Morgan fingerprint density at radius 1 is 1.13 bits per heavy atom. The van der Waals surface area contributed by atoms with E-state index < -0.39 is 27.0 Å². The van der Waals surface area contributed by atoms with Gasteiger partial charge in [-0.25, -0.2) is 0 Å². The maximum absolute atomic E-state index is 12.6. The van der Waals surface area contributed by atoms with E-state index in [4.69, 9.17) is 0 Å². The zero-order chi connectivity index (χ0) is 11.9. The number of Topliss-reactive ketones (excluding diaryl/α,β-unsaturated/α-hetero) is 1. The van der Waals surface area contributed by atoms with Crippen LogP contribution in [-0.4, -0.2) is 22.0 Å². The molecule has 1 aliphatic heterocycles. The van der Waals surface area contributed by atoms with Crippen LogP contribution in [0.15, 0.2) is 0 Å². The molecule has 0 bridgehead atoms. The summed E-state index contributed by atoms with van der Waals surface area (Å²) in [6, 6.07) is 0. The van der Waals surface area contributed by atoms with Gasteiger partial charge in [-0.15, -0.1) is 11.8 Å². The number of ketones is 1. The second-order valence-electron chi connectivity index (χ2n) is 5.35. The lowest BCUT2D eigenvalue weighted by molar-refractivity contribution is -0.172. The zero-order valence-corrected chi connectivity index (χ0v) is 9.84. The van der Waals surface area contributed by atoms with Crippen LogP contribution < -0.4 is 0 Å². The van der Waals surface area contributed by atoms with Gasteiger partial charge in [-0.1, -0.05) is 27.7 Å². The van der Waals surface area contributed by atoms with Gasteiger partial charge in [0.1, 0.15) is 11.0 Å². The third-order valence-corrected chi connectivity index (χ3v) is 6.14. The Morgan fingerprint density at radius 2 is 1.53 bits per heavy atom. The summed E-state index contributed by atoms with van der Waals surface area (Å²) in [5, 5.41) is -1.37. The Hall–Kier alpha value is -0.190. The van der Waals surface area contributed by atoms with E-state index in [1.54, 1.807) is 27.7 Å². The van der Waals surface area contributed by atoms with Gasteiger partial charge in [-0.05, 0) is 0 Å². The first-order chi connectivity index (χ1) is 6.49. The van der Waals surface area contributed by atoms with Crippen LogP contribution in [0.25, 0.3) is 0 Å². The summed E-state index contributed by atoms with van der Waals surface area (Å²) >= 11 is 0.904. The predicted molar refractivity (Wildman–Crippen MR) is 52.7 cm³/mol. The molecule has 5 heteroatoms. The highest BCUT2D eigenvalue weighted by Gasteiger charge is 2.88. The summed E-state index contributed by atoms with van der Waals surface area (Å²) in [6.45, 7) is 6.50. The van der Waals surface area contributed by atoms with E-state index in [0.29, 0.717) is 0 Å². The van der Waals surface area contributed by atoms with Gasteiger partial charge < -0.3 is 0 Å². The first-order valence-corrected chi connectivity index (χ1v) is 5.67. The first-order valence-electron chi connectivity index (χ1n) is 4.79. The molecule has 2 fully saturated rings. The van der Waals surface area contributed by atoms with Crippen molar-refractivity contribution in [1.82, 2.24) is 0 Å². The summed E-state index contributed by atoms with van der Waals surface area (Å²) in [6.07, 6.45) is -4.19. The van der Waals surface area contributed by atoms with Gasteiger partial charge >= 0.3 is 6.18 Å². The van der Waals surface area contributed by atoms with Crippen molar-refractivity contribution in [3.05, 3.63) is 0 Å². The summed E-state index contributed by atoms with van der Waals surface area (Å²) in [5.74, 6) is -0.0609. The number of alkyl halides is 3. The van der Waals surface area contributed by atoms with Crippen molar-refractivity contribution in [3.8, 4) is 0 Å². The fourth-order valence-electron chi connectivity index (χ4n) is 3.24. The van der Waals surface area contributed by atoms with E-state index in [9.17, 15) is 18.0 Å². The molecule has 2 aliphatic rings. The lowest BCUT2D eigenvalue weighted by atomic mass is 9.46. The monoisotopic (exact) mass is 238 g/mol. The Labute approximate surface area is 90.8 Å². The fraction of sp³-hybridized carbons (Fsp3) is 0.900. The highest BCUT2D eigenvalue weighted by molar-refractivity contribution is 8.09. The zero-order valence-electron chi connectivity index (χ0n) is 9.03. The fourth-order valence-corrected chi connectivity index (χ4v) is 5.17. The van der Waals surface area contributed by atoms with Gasteiger partial charge in [0.2, 0.25) is 0 Å². The molecule has 1 unspecified atom stereocenters. The van der Waals surface area contributed by atoms with Gasteiger partial charge in [0.05, 0.1) is 4.75 Å². The molecular formula is C10H13F3OS. The Bertz CT molecular complexity index is 325. The first kappa shape index (κ1) is 11.3. The van der Waals surface area contributed by atoms with Crippen molar-refractivity contribution >= 4 is 17.5 Å². The molecule has 0 aromatic heterocycles. The standard InChI is InChI=1S/C10H13F3OS/c1-7(2)5(14)8(3,4)9(7)6(15-9)10(11,12)13/h6H,1-4H3. The average molecular weight is 238 g/mol. The molecule has 1 saturated carbocycles. The molecule has 0 amide bonds. The van der Waals surface area contributed by atoms with Crippen LogP contribution >= 0.6 is 11.8 Å². The maximum atomic E-state index is 12.6. The summed E-state index contributed by atoms with van der Waals surface area (Å²) < 4.78 is 37.0. The number of hydrogen-bond donors (Lipinski definition) is 0. The van der Waals surface area contributed by atoms with Crippen LogP contribution in [0.5, 0.6) is 0 Å². The lowest BCUT2D eigenvalue weighted by Gasteiger charge is -2.56. The third-order valence-electron chi connectivity index (χ3n) is 3.91. The van der Waals surface area contributed by atoms with Crippen LogP contribution in [0.1, 0.15) is 27.7 Å². The highest BCUT2D eigenvalue weighted by atomic mass is 32.2. The average Bonchev–Trinajstić information content (AvgIpc) is 2.77. The smallest absolute Gasteiger partial charge is 0.298 e. The van der Waals surface area contributed by atoms with E-state index in [2.05, 4.69) is 0 Å². The molecule has 1 saturated heterocycles. The largest absolute Gasteiger partial charge is 0.401 e. The van der Waals surface area contributed by atoms with E-state index >= 15 is 0 Å². The van der Waals surface area contributed by atoms with Gasteiger partial charge in [0.25, 0.3) is 0 Å². The van der Waals surface area contributed by atoms with Gasteiger partial charge in [0, 0.05) is 10.8 Å². The molecule has 0 aromatic carbocycles.